The highest BCUT2D eigenvalue weighted by Crippen LogP contribution is 2.35. The Morgan fingerprint density at radius 2 is 1.76 bits per heavy atom. The molecule has 1 aliphatic carbocycles. The van der Waals surface area contributed by atoms with Crippen molar-refractivity contribution < 1.29 is 32.1 Å². The van der Waals surface area contributed by atoms with E-state index in [1.807, 2.05) is 11.6 Å². The highest BCUT2D eigenvalue weighted by Gasteiger charge is 2.32. The Morgan fingerprint density at radius 3 is 2.43 bits per heavy atom. The van der Waals surface area contributed by atoms with Gasteiger partial charge in [-0.25, -0.2) is 14.6 Å². The van der Waals surface area contributed by atoms with Crippen molar-refractivity contribution in [3.05, 3.63) is 48.7 Å². The van der Waals surface area contributed by atoms with Gasteiger partial charge in [0, 0.05) is 37.1 Å². The first-order valence-electron chi connectivity index (χ1n) is 16.9. The molecule has 1 N–H and O–H groups in total. The number of nitrogens with zero attached hydrogens (tertiary/aromatic N) is 10. The molecule has 2 fully saturated rings. The van der Waals surface area contributed by atoms with E-state index >= 15 is 0 Å². The van der Waals surface area contributed by atoms with Gasteiger partial charge in [0.05, 0.1) is 43.2 Å². The topological polar surface area (TPSA) is 163 Å². The molecule has 4 heterocycles. The third-order valence-electron chi connectivity index (χ3n) is 8.79. The molecule has 4 aromatic rings. The van der Waals surface area contributed by atoms with Crippen LogP contribution in [-0.4, -0.2) is 102 Å². The predicted molar refractivity (Wildman–Crippen MR) is 176 cm³/mol. The second-order valence-corrected chi connectivity index (χ2v) is 12.8. The lowest BCUT2D eigenvalue weighted by Gasteiger charge is -2.42. The van der Waals surface area contributed by atoms with E-state index < -0.39 is 13.0 Å². The normalized spacial score (nSPS) is 21.9. The number of aromatic nitrogens is 8. The van der Waals surface area contributed by atoms with Gasteiger partial charge in [-0.2, -0.15) is 5.26 Å². The van der Waals surface area contributed by atoms with E-state index in [0.717, 1.165) is 44.3 Å². The third kappa shape index (κ3) is 9.68. The molecular weight excluding hydrogens is 671 g/mol. The number of ether oxygens (including phenoxy) is 4. The highest BCUT2D eigenvalue weighted by molar-refractivity contribution is 5.67. The van der Waals surface area contributed by atoms with Gasteiger partial charge in [-0.05, 0) is 74.6 Å². The maximum atomic E-state index is 12.6. The molecule has 272 valence electrons. The maximum absolute atomic E-state index is 12.6. The van der Waals surface area contributed by atoms with Crippen LogP contribution in [0.25, 0.3) is 11.1 Å². The summed E-state index contributed by atoms with van der Waals surface area (Å²) in [4.78, 5) is 11.4. The van der Waals surface area contributed by atoms with Crippen LogP contribution in [0.1, 0.15) is 58.1 Å². The zero-order valence-corrected chi connectivity index (χ0v) is 28.5. The molecule has 3 aromatic heterocycles. The number of morpholine rings is 1. The summed E-state index contributed by atoms with van der Waals surface area (Å²) in [6.07, 6.45) is 5.56. The van der Waals surface area contributed by atoms with Crippen molar-refractivity contribution in [1.29, 1.82) is 5.26 Å². The van der Waals surface area contributed by atoms with Crippen molar-refractivity contribution in [2.24, 2.45) is 0 Å². The number of tetrazole rings is 1. The second-order valence-electron chi connectivity index (χ2n) is 12.8. The number of alkyl halides is 3. The van der Waals surface area contributed by atoms with Crippen molar-refractivity contribution in [3.63, 3.8) is 0 Å². The van der Waals surface area contributed by atoms with Crippen LogP contribution >= 0.6 is 0 Å². The van der Waals surface area contributed by atoms with Gasteiger partial charge in [-0.3, -0.25) is 14.3 Å². The Kier molecular flexibility index (Phi) is 11.3. The van der Waals surface area contributed by atoms with E-state index in [-0.39, 0.29) is 42.8 Å². The summed E-state index contributed by atoms with van der Waals surface area (Å²) in [5.74, 6) is 0.745. The molecule has 0 amide bonds. The lowest BCUT2D eigenvalue weighted by Crippen LogP contribution is -2.51. The van der Waals surface area contributed by atoms with E-state index in [9.17, 15) is 18.4 Å². The van der Waals surface area contributed by atoms with Crippen molar-refractivity contribution in [2.45, 2.75) is 89.8 Å². The zero-order valence-electron chi connectivity index (χ0n) is 28.5. The van der Waals surface area contributed by atoms with Crippen molar-refractivity contribution >= 4 is 11.6 Å². The first-order chi connectivity index (χ1) is 24.5. The monoisotopic (exact) mass is 711 g/mol. The third-order valence-corrected chi connectivity index (χ3v) is 8.79. The smallest absolute Gasteiger partial charge is 0.487 e. The number of nitriles is 1. The predicted octanol–water partition coefficient (Wildman–Crippen LogP) is 4.92. The van der Waals surface area contributed by atoms with Gasteiger partial charge in [-0.15, -0.1) is 23.4 Å². The molecule has 1 unspecified atom stereocenters. The van der Waals surface area contributed by atoms with Crippen LogP contribution < -0.4 is 14.8 Å². The SMILES string of the molecule is CC(Cn1cnnn1)Oc1cc(-c2cnc(Nc3cn(C4CCC(N5C[C@@H](C)O[C@@H](C)C5)CC4)nc3OCCOC(F)(F)F)nc2)ccc1C#N. The fourth-order valence-corrected chi connectivity index (χ4v) is 6.59. The van der Waals surface area contributed by atoms with Crippen LogP contribution in [0.4, 0.5) is 24.8 Å². The van der Waals surface area contributed by atoms with E-state index in [1.54, 1.807) is 36.8 Å². The molecule has 1 saturated carbocycles. The van der Waals surface area contributed by atoms with Crippen LogP contribution in [0, 0.1) is 11.3 Å². The van der Waals surface area contributed by atoms with Gasteiger partial charge in [0.15, 0.2) is 0 Å². The summed E-state index contributed by atoms with van der Waals surface area (Å²) >= 11 is 0. The van der Waals surface area contributed by atoms with Gasteiger partial charge in [0.2, 0.25) is 5.95 Å². The van der Waals surface area contributed by atoms with Crippen molar-refractivity contribution in [2.75, 3.05) is 31.6 Å². The summed E-state index contributed by atoms with van der Waals surface area (Å²) in [6, 6.07) is 7.88. The molecule has 3 atom stereocenters. The first kappa shape index (κ1) is 35.9. The molecule has 2 aliphatic rings. The summed E-state index contributed by atoms with van der Waals surface area (Å²) in [5.41, 5.74) is 2.17. The fourth-order valence-electron chi connectivity index (χ4n) is 6.59. The average molecular weight is 712 g/mol. The number of nitrogens with one attached hydrogen (secondary N) is 1. The van der Waals surface area contributed by atoms with Crippen molar-refractivity contribution in [3.8, 4) is 28.8 Å². The van der Waals surface area contributed by atoms with E-state index in [1.165, 1.54) is 11.0 Å². The quantitative estimate of drug-likeness (QED) is 0.186. The summed E-state index contributed by atoms with van der Waals surface area (Å²) in [5, 5.41) is 28.5. The Morgan fingerprint density at radius 1 is 1.04 bits per heavy atom. The van der Waals surface area contributed by atoms with Crippen LogP contribution in [0.2, 0.25) is 0 Å². The van der Waals surface area contributed by atoms with Gasteiger partial charge >= 0.3 is 6.36 Å². The lowest BCUT2D eigenvalue weighted by molar-refractivity contribution is -0.325. The summed E-state index contributed by atoms with van der Waals surface area (Å²) in [7, 11) is 0. The van der Waals surface area contributed by atoms with Crippen LogP contribution in [0.15, 0.2) is 43.1 Å². The number of rotatable bonds is 13. The van der Waals surface area contributed by atoms with E-state index in [4.69, 9.17) is 14.2 Å². The minimum Gasteiger partial charge on any atom is -0.487 e. The molecule has 0 spiro atoms. The molecule has 1 saturated heterocycles. The molecule has 6 rings (SSSR count). The Hall–Kier alpha value is -4.86. The van der Waals surface area contributed by atoms with Crippen LogP contribution in [0.5, 0.6) is 11.6 Å². The van der Waals surface area contributed by atoms with Crippen molar-refractivity contribution in [1.82, 2.24) is 44.9 Å². The molecule has 51 heavy (non-hydrogen) atoms. The van der Waals surface area contributed by atoms with E-state index in [0.29, 0.717) is 35.2 Å². The zero-order chi connectivity index (χ0) is 36.0. The number of halogens is 3. The summed E-state index contributed by atoms with van der Waals surface area (Å²) in [6.45, 7) is 7.22. The highest BCUT2D eigenvalue weighted by atomic mass is 19.4. The maximum Gasteiger partial charge on any atom is 0.522 e. The molecule has 0 bridgehead atoms. The van der Waals surface area contributed by atoms with E-state index in [2.05, 4.69) is 65.5 Å². The van der Waals surface area contributed by atoms with Gasteiger partial charge in [0.25, 0.3) is 5.88 Å². The van der Waals surface area contributed by atoms with Gasteiger partial charge < -0.3 is 19.5 Å². The van der Waals surface area contributed by atoms with Gasteiger partial charge in [-0.1, -0.05) is 6.07 Å². The molecule has 15 nitrogen and oxygen atoms in total. The van der Waals surface area contributed by atoms with Gasteiger partial charge in [0.1, 0.15) is 36.5 Å². The number of anilines is 2. The molecular formula is C33H40F3N11O4. The molecule has 1 aliphatic heterocycles. The Labute approximate surface area is 292 Å². The molecule has 1 aromatic carbocycles. The number of benzene rings is 1. The fraction of sp³-hybridized carbons (Fsp3) is 0.545. The minimum atomic E-state index is -4.76. The number of hydrogen-bond acceptors (Lipinski definition) is 13. The lowest BCUT2D eigenvalue weighted by atomic mass is 9.89. The second kappa shape index (κ2) is 16.0. The largest absolute Gasteiger partial charge is 0.522 e. The molecule has 0 radical (unpaired) electrons. The molecule has 18 heteroatoms. The first-order valence-corrected chi connectivity index (χ1v) is 16.9. The standard InChI is InChI=1S/C33H40F3N11O4/c1-21-16-45(17-22(2)50-21)27-6-8-28(9-7-27)47-19-29(31(42-47)48-10-11-49-33(34,35)36)41-32-38-14-26(15-39-32)24-4-5-25(13-37)30(12-24)51-23(3)18-46-20-40-43-44-46/h4-5,12,14-15,19-23,27-28H,6-11,16-18H2,1-3H3,(H,38,39,41)/t21-,22+,23?,27?,28?. The Bertz CT molecular complexity index is 1750. The average Bonchev–Trinajstić information content (AvgIpc) is 3.76. The Balaban J connectivity index is 1.13. The summed E-state index contributed by atoms with van der Waals surface area (Å²) < 4.78 is 62.6. The minimum absolute atomic E-state index is 0.0909. The number of hydrogen-bond donors (Lipinski definition) is 1. The van der Waals surface area contributed by atoms with Crippen LogP contribution in [-0.2, 0) is 16.0 Å². The van der Waals surface area contributed by atoms with Crippen LogP contribution in [0.3, 0.4) is 0 Å².